The molecule has 0 spiro atoms. The van der Waals surface area contributed by atoms with E-state index in [1.165, 1.54) is 5.56 Å². The average molecular weight is 299 g/mol. The smallest absolute Gasteiger partial charge is 0.189 e. The maximum Gasteiger partial charge on any atom is 0.189 e. The van der Waals surface area contributed by atoms with Crippen molar-refractivity contribution < 1.29 is 0 Å². The Morgan fingerprint density at radius 2 is 2.09 bits per heavy atom. The van der Waals surface area contributed by atoms with E-state index in [0.29, 0.717) is 18.4 Å². The number of benzene rings is 1. The second-order valence-corrected chi connectivity index (χ2v) is 5.77. The van der Waals surface area contributed by atoms with Crippen LogP contribution in [0, 0.1) is 5.92 Å². The van der Waals surface area contributed by atoms with Gasteiger partial charge >= 0.3 is 0 Å². The lowest BCUT2D eigenvalue weighted by molar-refractivity contribution is 0.576. The predicted molar refractivity (Wildman–Crippen MR) is 90.6 cm³/mol. The maximum absolute atomic E-state index is 5.88. The van der Waals surface area contributed by atoms with Gasteiger partial charge in [-0.2, -0.15) is 0 Å². The van der Waals surface area contributed by atoms with Crippen LogP contribution in [-0.2, 0) is 13.1 Å². The van der Waals surface area contributed by atoms with Crippen LogP contribution in [0.25, 0.3) is 0 Å². The van der Waals surface area contributed by atoms with Crippen molar-refractivity contribution >= 4 is 5.96 Å². The third-order valence-corrected chi connectivity index (χ3v) is 3.42. The molecule has 0 aliphatic rings. The summed E-state index contributed by atoms with van der Waals surface area (Å²) in [5.74, 6) is 2.05. The largest absolute Gasteiger partial charge is 0.370 e. The topological polar surface area (TPSA) is 68.2 Å². The molecule has 1 aromatic carbocycles. The van der Waals surface area contributed by atoms with Crippen LogP contribution >= 0.6 is 0 Å². The second-order valence-electron chi connectivity index (χ2n) is 5.77. The van der Waals surface area contributed by atoms with Gasteiger partial charge in [-0.15, -0.1) is 0 Å². The summed E-state index contributed by atoms with van der Waals surface area (Å²) in [6.45, 7) is 6.52. The van der Waals surface area contributed by atoms with Crippen LogP contribution in [0.5, 0.6) is 0 Å². The minimum atomic E-state index is 0.481. The zero-order chi connectivity index (χ0) is 15.8. The number of aromatic nitrogens is 2. The van der Waals surface area contributed by atoms with E-state index >= 15 is 0 Å². The summed E-state index contributed by atoms with van der Waals surface area (Å²) >= 11 is 0. The van der Waals surface area contributed by atoms with E-state index in [4.69, 9.17) is 5.73 Å². The molecule has 0 bridgehead atoms. The van der Waals surface area contributed by atoms with Gasteiger partial charge in [-0.1, -0.05) is 44.2 Å². The molecule has 1 heterocycles. The molecular formula is C17H25N5. The molecule has 0 radical (unpaired) electrons. The van der Waals surface area contributed by atoms with E-state index in [1.54, 1.807) is 6.20 Å². The highest BCUT2D eigenvalue weighted by Gasteiger charge is 2.03. The Balaban J connectivity index is 1.89. The van der Waals surface area contributed by atoms with E-state index in [9.17, 15) is 0 Å². The van der Waals surface area contributed by atoms with Gasteiger partial charge in [0.15, 0.2) is 5.96 Å². The normalized spacial score (nSPS) is 11.9. The van der Waals surface area contributed by atoms with E-state index in [0.717, 1.165) is 25.3 Å². The quantitative estimate of drug-likeness (QED) is 0.609. The summed E-state index contributed by atoms with van der Waals surface area (Å²) in [5.41, 5.74) is 7.13. The zero-order valence-corrected chi connectivity index (χ0v) is 13.4. The minimum absolute atomic E-state index is 0.481. The highest BCUT2D eigenvalue weighted by Crippen LogP contribution is 2.06. The lowest BCUT2D eigenvalue weighted by Crippen LogP contribution is -2.33. The zero-order valence-electron chi connectivity index (χ0n) is 13.4. The molecule has 2 rings (SSSR count). The molecule has 0 saturated heterocycles. The van der Waals surface area contributed by atoms with Gasteiger partial charge < -0.3 is 15.6 Å². The predicted octanol–water partition coefficient (Wildman–Crippen LogP) is 2.38. The lowest BCUT2D eigenvalue weighted by Gasteiger charge is -2.09. The first-order chi connectivity index (χ1) is 10.6. The molecule has 0 atom stereocenters. The van der Waals surface area contributed by atoms with Crippen molar-refractivity contribution in [1.82, 2.24) is 14.9 Å². The lowest BCUT2D eigenvalue weighted by atomic mass is 10.1. The minimum Gasteiger partial charge on any atom is -0.370 e. The number of rotatable bonds is 7. The van der Waals surface area contributed by atoms with Gasteiger partial charge in [-0.25, -0.2) is 9.98 Å². The molecule has 0 unspecified atom stereocenters. The van der Waals surface area contributed by atoms with Gasteiger partial charge in [0.1, 0.15) is 12.4 Å². The van der Waals surface area contributed by atoms with Gasteiger partial charge in [0.2, 0.25) is 0 Å². The summed E-state index contributed by atoms with van der Waals surface area (Å²) in [6, 6.07) is 10.3. The molecule has 5 heteroatoms. The Kier molecular flexibility index (Phi) is 6.01. The van der Waals surface area contributed by atoms with Crippen LogP contribution in [0.4, 0.5) is 0 Å². The number of imidazole rings is 1. The van der Waals surface area contributed by atoms with Crippen molar-refractivity contribution in [3.05, 3.63) is 54.1 Å². The highest BCUT2D eigenvalue weighted by atomic mass is 15.1. The van der Waals surface area contributed by atoms with Crippen LogP contribution < -0.4 is 11.1 Å². The molecule has 22 heavy (non-hydrogen) atoms. The number of nitrogens with one attached hydrogen (secondary N) is 1. The molecule has 0 fully saturated rings. The van der Waals surface area contributed by atoms with Gasteiger partial charge in [0.25, 0.3) is 0 Å². The van der Waals surface area contributed by atoms with E-state index < -0.39 is 0 Å². The molecular weight excluding hydrogens is 274 g/mol. The summed E-state index contributed by atoms with van der Waals surface area (Å²) in [7, 11) is 0. The molecule has 0 amide bonds. The summed E-state index contributed by atoms with van der Waals surface area (Å²) in [5, 5.41) is 3.14. The van der Waals surface area contributed by atoms with Crippen LogP contribution in [0.2, 0.25) is 0 Å². The number of hydrogen-bond acceptors (Lipinski definition) is 2. The van der Waals surface area contributed by atoms with Crippen LogP contribution in [0.15, 0.2) is 47.7 Å². The summed E-state index contributed by atoms with van der Waals surface area (Å²) < 4.78 is 2.10. The van der Waals surface area contributed by atoms with Gasteiger partial charge in [-0.3, -0.25) is 0 Å². The fourth-order valence-electron chi connectivity index (χ4n) is 2.12. The fraction of sp³-hybridized carbons (Fsp3) is 0.412. The monoisotopic (exact) mass is 299 g/mol. The van der Waals surface area contributed by atoms with Crippen molar-refractivity contribution in [2.24, 2.45) is 16.6 Å². The van der Waals surface area contributed by atoms with Gasteiger partial charge in [0, 0.05) is 25.5 Å². The Morgan fingerprint density at radius 1 is 1.32 bits per heavy atom. The molecule has 0 aliphatic carbocycles. The van der Waals surface area contributed by atoms with Crippen molar-refractivity contribution in [3.8, 4) is 0 Å². The average Bonchev–Trinajstić information content (AvgIpc) is 2.93. The number of aliphatic imine (C=N–C) groups is 1. The Labute approximate surface area is 132 Å². The van der Waals surface area contributed by atoms with E-state index in [2.05, 4.69) is 45.8 Å². The summed E-state index contributed by atoms with van der Waals surface area (Å²) in [4.78, 5) is 8.73. The van der Waals surface area contributed by atoms with Gasteiger partial charge in [0.05, 0.1) is 0 Å². The van der Waals surface area contributed by atoms with E-state index in [-0.39, 0.29) is 0 Å². The second kappa shape index (κ2) is 8.22. The molecule has 5 nitrogen and oxygen atoms in total. The first kappa shape index (κ1) is 16.1. The van der Waals surface area contributed by atoms with Gasteiger partial charge in [-0.05, 0) is 17.9 Å². The molecule has 1 aromatic heterocycles. The maximum atomic E-state index is 5.88. The molecule has 118 valence electrons. The number of hydrogen-bond donors (Lipinski definition) is 2. The van der Waals surface area contributed by atoms with Crippen molar-refractivity contribution in [1.29, 1.82) is 0 Å². The Morgan fingerprint density at radius 3 is 2.82 bits per heavy atom. The Bertz CT molecular complexity index is 586. The fourth-order valence-corrected chi connectivity index (χ4v) is 2.12. The number of nitrogens with zero attached hydrogens (tertiary/aromatic N) is 3. The molecule has 2 aromatic rings. The molecule has 0 saturated carbocycles. The third-order valence-electron chi connectivity index (χ3n) is 3.42. The van der Waals surface area contributed by atoms with Crippen LogP contribution in [-0.4, -0.2) is 22.1 Å². The van der Waals surface area contributed by atoms with E-state index in [1.807, 2.05) is 24.4 Å². The SMILES string of the molecule is CC(C)CCNC(N)=NCc1nccn1Cc1ccccc1. The first-order valence-electron chi connectivity index (χ1n) is 7.73. The first-order valence-corrected chi connectivity index (χ1v) is 7.73. The Hall–Kier alpha value is -2.30. The standard InChI is InChI=1S/C17H25N5/c1-14(2)8-9-20-17(18)21-12-16-19-10-11-22(16)13-15-6-4-3-5-7-15/h3-7,10-11,14H,8-9,12-13H2,1-2H3,(H3,18,20,21). The molecule has 0 aliphatic heterocycles. The van der Waals surface area contributed by atoms with Crippen molar-refractivity contribution in [2.75, 3.05) is 6.54 Å². The molecule has 3 N–H and O–H groups in total. The van der Waals surface area contributed by atoms with Crippen molar-refractivity contribution in [3.63, 3.8) is 0 Å². The number of guanidine groups is 1. The number of nitrogens with two attached hydrogens (primary N) is 1. The van der Waals surface area contributed by atoms with Crippen LogP contribution in [0.3, 0.4) is 0 Å². The summed E-state index contributed by atoms with van der Waals surface area (Å²) in [6.07, 6.45) is 4.86. The third kappa shape index (κ3) is 5.24. The highest BCUT2D eigenvalue weighted by molar-refractivity contribution is 5.77. The van der Waals surface area contributed by atoms with Crippen molar-refractivity contribution in [2.45, 2.75) is 33.4 Å². The van der Waals surface area contributed by atoms with Crippen LogP contribution in [0.1, 0.15) is 31.7 Å².